The molecule has 1 unspecified atom stereocenters. The topological polar surface area (TPSA) is 68.0 Å². The van der Waals surface area contributed by atoms with Crippen LogP contribution in [0.3, 0.4) is 0 Å². The molecule has 0 aliphatic carbocycles. The van der Waals surface area contributed by atoms with Gasteiger partial charge in [0.1, 0.15) is 11.6 Å². The molecule has 8 heteroatoms. The van der Waals surface area contributed by atoms with Crippen molar-refractivity contribution in [1.82, 2.24) is 10.2 Å². The largest absolute Gasteiger partial charge is 0.411 e. The highest BCUT2D eigenvalue weighted by molar-refractivity contribution is 8.00. The third kappa shape index (κ3) is 5.20. The highest BCUT2D eigenvalue weighted by Gasteiger charge is 2.20. The molecule has 0 spiro atoms. The van der Waals surface area contributed by atoms with Crippen molar-refractivity contribution >= 4 is 23.4 Å². The number of carbonyl (C=O) groups is 1. The number of anilines is 1. The molecule has 0 bridgehead atoms. The lowest BCUT2D eigenvalue weighted by Crippen LogP contribution is -2.23. The Labute approximate surface area is 171 Å². The summed E-state index contributed by atoms with van der Waals surface area (Å²) in [5, 5.41) is 9.90. The lowest BCUT2D eigenvalue weighted by atomic mass is 9.87. The van der Waals surface area contributed by atoms with Crippen LogP contribution < -0.4 is 5.32 Å². The number of benzene rings is 2. The summed E-state index contributed by atoms with van der Waals surface area (Å²) in [6.07, 6.45) is 0. The molecule has 1 aromatic heterocycles. The first-order valence-corrected chi connectivity index (χ1v) is 9.88. The minimum Gasteiger partial charge on any atom is -0.411 e. The van der Waals surface area contributed by atoms with E-state index in [9.17, 15) is 13.6 Å². The molecular formula is C21H21F2N3O2S. The van der Waals surface area contributed by atoms with Gasteiger partial charge in [-0.05, 0) is 42.2 Å². The first-order valence-electron chi connectivity index (χ1n) is 9.00. The SMILES string of the molecule is CC(Sc1nnc(-c2ccc(C(C)(C)C)cc2)o1)C(=O)Nc1cc(F)ccc1F. The van der Waals surface area contributed by atoms with Crippen LogP contribution >= 0.6 is 11.8 Å². The fourth-order valence-corrected chi connectivity index (χ4v) is 3.20. The van der Waals surface area contributed by atoms with E-state index in [0.717, 1.165) is 35.5 Å². The van der Waals surface area contributed by atoms with Gasteiger partial charge in [0.05, 0.1) is 10.9 Å². The Morgan fingerprint density at radius 3 is 2.45 bits per heavy atom. The summed E-state index contributed by atoms with van der Waals surface area (Å²) >= 11 is 1.04. The van der Waals surface area contributed by atoms with E-state index in [4.69, 9.17) is 4.42 Å². The van der Waals surface area contributed by atoms with Gasteiger partial charge in [-0.1, -0.05) is 44.7 Å². The second-order valence-electron chi connectivity index (χ2n) is 7.57. The van der Waals surface area contributed by atoms with Crippen molar-refractivity contribution in [2.45, 2.75) is 43.6 Å². The number of hydrogen-bond acceptors (Lipinski definition) is 5. The fourth-order valence-electron chi connectivity index (χ4n) is 2.52. The molecule has 1 heterocycles. The number of nitrogens with zero attached hydrogens (tertiary/aromatic N) is 2. The quantitative estimate of drug-likeness (QED) is 0.561. The molecule has 5 nitrogen and oxygen atoms in total. The molecule has 0 aliphatic heterocycles. The molecule has 1 atom stereocenters. The fraction of sp³-hybridized carbons (Fsp3) is 0.286. The first kappa shape index (κ1) is 21.0. The average molecular weight is 417 g/mol. The Morgan fingerprint density at radius 2 is 1.79 bits per heavy atom. The van der Waals surface area contributed by atoms with Gasteiger partial charge >= 0.3 is 0 Å². The third-order valence-electron chi connectivity index (χ3n) is 4.24. The number of carbonyl (C=O) groups excluding carboxylic acids is 1. The van der Waals surface area contributed by atoms with Crippen LogP contribution in [-0.4, -0.2) is 21.4 Å². The summed E-state index contributed by atoms with van der Waals surface area (Å²) in [6, 6.07) is 10.7. The number of amides is 1. The average Bonchev–Trinajstić information content (AvgIpc) is 3.12. The Hall–Kier alpha value is -2.74. The van der Waals surface area contributed by atoms with Gasteiger partial charge in [0.25, 0.3) is 5.22 Å². The normalized spacial score (nSPS) is 12.6. The van der Waals surface area contributed by atoms with Gasteiger partial charge in [-0.15, -0.1) is 10.2 Å². The van der Waals surface area contributed by atoms with Crippen molar-refractivity contribution in [3.63, 3.8) is 0 Å². The Kier molecular flexibility index (Phi) is 6.02. The maximum absolute atomic E-state index is 13.7. The molecule has 1 amide bonds. The number of halogens is 2. The zero-order chi connectivity index (χ0) is 21.2. The smallest absolute Gasteiger partial charge is 0.277 e. The molecular weight excluding hydrogens is 396 g/mol. The van der Waals surface area contributed by atoms with Crippen molar-refractivity contribution in [2.75, 3.05) is 5.32 Å². The van der Waals surface area contributed by atoms with E-state index in [1.165, 1.54) is 5.56 Å². The second kappa shape index (κ2) is 8.32. The summed E-state index contributed by atoms with van der Waals surface area (Å²) in [5.41, 5.74) is 1.78. The molecule has 0 fully saturated rings. The van der Waals surface area contributed by atoms with Gasteiger partial charge in [-0.2, -0.15) is 0 Å². The van der Waals surface area contributed by atoms with Crippen molar-refractivity contribution in [1.29, 1.82) is 0 Å². The van der Waals surface area contributed by atoms with E-state index in [2.05, 4.69) is 36.3 Å². The van der Waals surface area contributed by atoms with Crippen molar-refractivity contribution in [2.24, 2.45) is 0 Å². The summed E-state index contributed by atoms with van der Waals surface area (Å²) in [5.74, 6) is -1.51. The van der Waals surface area contributed by atoms with Crippen molar-refractivity contribution in [3.8, 4) is 11.5 Å². The zero-order valence-electron chi connectivity index (χ0n) is 16.5. The van der Waals surface area contributed by atoms with Gasteiger partial charge in [0.2, 0.25) is 11.8 Å². The van der Waals surface area contributed by atoms with Crippen LogP contribution in [0.4, 0.5) is 14.5 Å². The van der Waals surface area contributed by atoms with Gasteiger partial charge in [-0.25, -0.2) is 8.78 Å². The number of aromatic nitrogens is 2. The monoisotopic (exact) mass is 417 g/mol. The van der Waals surface area contributed by atoms with Crippen LogP contribution in [0.15, 0.2) is 52.1 Å². The molecule has 0 saturated carbocycles. The predicted molar refractivity (Wildman–Crippen MR) is 109 cm³/mol. The van der Waals surface area contributed by atoms with Gasteiger partial charge in [0.15, 0.2) is 0 Å². The molecule has 0 radical (unpaired) electrons. The summed E-state index contributed by atoms with van der Waals surface area (Å²) in [4.78, 5) is 12.3. The Bertz CT molecular complexity index is 1010. The van der Waals surface area contributed by atoms with Crippen LogP contribution in [0.5, 0.6) is 0 Å². The number of thioether (sulfide) groups is 1. The number of hydrogen-bond donors (Lipinski definition) is 1. The lowest BCUT2D eigenvalue weighted by Gasteiger charge is -2.18. The minimum atomic E-state index is -0.712. The third-order valence-corrected chi connectivity index (χ3v) is 5.17. The first-order chi connectivity index (χ1) is 13.6. The molecule has 0 aliphatic rings. The van der Waals surface area contributed by atoms with Crippen LogP contribution in [0, 0.1) is 11.6 Å². The predicted octanol–water partition coefficient (Wildman–Crippen LogP) is 5.43. The minimum absolute atomic E-state index is 0.0400. The zero-order valence-corrected chi connectivity index (χ0v) is 17.3. The van der Waals surface area contributed by atoms with Crippen molar-refractivity contribution < 1.29 is 18.0 Å². The standard InChI is InChI=1S/C21H21F2N3O2S/c1-12(18(27)24-17-11-15(22)9-10-16(17)23)29-20-26-25-19(28-20)13-5-7-14(8-6-13)21(2,3)4/h5-12H,1-4H3,(H,24,27). The molecule has 2 aromatic carbocycles. The molecule has 3 rings (SSSR count). The lowest BCUT2D eigenvalue weighted by molar-refractivity contribution is -0.115. The van der Waals surface area contributed by atoms with Gasteiger partial charge < -0.3 is 9.73 Å². The molecule has 1 N–H and O–H groups in total. The molecule has 0 saturated heterocycles. The van der Waals surface area contributed by atoms with E-state index < -0.39 is 22.8 Å². The van der Waals surface area contributed by atoms with Crippen LogP contribution in [-0.2, 0) is 10.2 Å². The van der Waals surface area contributed by atoms with Crippen LogP contribution in [0.25, 0.3) is 11.5 Å². The van der Waals surface area contributed by atoms with E-state index in [0.29, 0.717) is 5.89 Å². The van der Waals surface area contributed by atoms with E-state index in [1.54, 1.807) is 6.92 Å². The maximum Gasteiger partial charge on any atom is 0.277 e. The second-order valence-corrected chi connectivity index (χ2v) is 8.87. The van der Waals surface area contributed by atoms with Crippen molar-refractivity contribution in [3.05, 3.63) is 59.7 Å². The van der Waals surface area contributed by atoms with E-state index in [1.807, 2.05) is 24.3 Å². The molecule has 3 aromatic rings. The van der Waals surface area contributed by atoms with Crippen LogP contribution in [0.2, 0.25) is 0 Å². The summed E-state index contributed by atoms with van der Waals surface area (Å²) in [7, 11) is 0. The Morgan fingerprint density at radius 1 is 1.10 bits per heavy atom. The highest BCUT2D eigenvalue weighted by atomic mass is 32.2. The molecule has 152 valence electrons. The molecule has 29 heavy (non-hydrogen) atoms. The summed E-state index contributed by atoms with van der Waals surface area (Å²) < 4.78 is 32.6. The maximum atomic E-state index is 13.7. The summed E-state index contributed by atoms with van der Waals surface area (Å²) in [6.45, 7) is 8.00. The highest BCUT2D eigenvalue weighted by Crippen LogP contribution is 2.29. The van der Waals surface area contributed by atoms with Crippen LogP contribution in [0.1, 0.15) is 33.3 Å². The number of nitrogens with one attached hydrogen (secondary N) is 1. The van der Waals surface area contributed by atoms with E-state index >= 15 is 0 Å². The van der Waals surface area contributed by atoms with Gasteiger partial charge in [0, 0.05) is 11.6 Å². The van der Waals surface area contributed by atoms with E-state index in [-0.39, 0.29) is 16.3 Å². The number of rotatable bonds is 5. The van der Waals surface area contributed by atoms with Gasteiger partial charge in [-0.3, -0.25) is 4.79 Å². The Balaban J connectivity index is 1.66.